The van der Waals surface area contributed by atoms with E-state index in [4.69, 9.17) is 18.9 Å². The molecule has 0 fully saturated rings. The largest absolute Gasteiger partial charge is 0.465 e. The van der Waals surface area contributed by atoms with Gasteiger partial charge in [0.1, 0.15) is 28.6 Å². The molecule has 10 heteroatoms. The van der Waals surface area contributed by atoms with Gasteiger partial charge in [0, 0.05) is 30.1 Å². The van der Waals surface area contributed by atoms with Crippen molar-refractivity contribution < 1.29 is 28.5 Å². The summed E-state index contributed by atoms with van der Waals surface area (Å²) in [7, 11) is 1.56. The van der Waals surface area contributed by atoms with E-state index in [1.165, 1.54) is 0 Å². The molecule has 0 N–H and O–H groups in total. The van der Waals surface area contributed by atoms with Crippen LogP contribution in [-0.4, -0.2) is 64.5 Å². The average Bonchev–Trinajstić information content (AvgIpc) is 3.34. The molecule has 1 heterocycles. The van der Waals surface area contributed by atoms with Crippen LogP contribution < -0.4 is 4.74 Å². The molecule has 0 spiro atoms. The van der Waals surface area contributed by atoms with Gasteiger partial charge in [-0.05, 0) is 50.6 Å². The smallest absolute Gasteiger partial charge is 0.333 e. The Morgan fingerprint density at radius 2 is 1.76 bits per heavy atom. The Balaban J connectivity index is 1.55. The summed E-state index contributed by atoms with van der Waals surface area (Å²) < 4.78 is 21.7. The number of ether oxygens (including phenoxy) is 4. The van der Waals surface area contributed by atoms with Crippen LogP contribution in [0.5, 0.6) is 5.75 Å². The molecule has 204 valence electrons. The summed E-state index contributed by atoms with van der Waals surface area (Å²) in [6, 6.07) is 13.3. The highest BCUT2D eigenvalue weighted by Gasteiger charge is 2.21. The van der Waals surface area contributed by atoms with Crippen LogP contribution in [0.2, 0.25) is 0 Å². The fourth-order valence-electron chi connectivity index (χ4n) is 3.36. The van der Waals surface area contributed by atoms with Crippen molar-refractivity contribution >= 4 is 34.7 Å². The fraction of sp³-hybridized carbons (Fsp3) is 0.429. The molecule has 38 heavy (non-hydrogen) atoms. The van der Waals surface area contributed by atoms with E-state index in [1.807, 2.05) is 63.2 Å². The maximum atomic E-state index is 12.6. The first kappa shape index (κ1) is 29.2. The molecule has 0 radical (unpaired) electrons. The number of aromatic nitrogens is 3. The minimum atomic E-state index is -0.407. The van der Waals surface area contributed by atoms with Crippen molar-refractivity contribution in [2.75, 3.05) is 26.3 Å². The SMILES string of the molecule is C=C(C)C(=O)OC(C)C(C)SCC(C)C(=O)OCCc1ccc(OCOC)c(-n2nc3ccccc3n2)c1. The van der Waals surface area contributed by atoms with Gasteiger partial charge in [-0.15, -0.1) is 15.0 Å². The van der Waals surface area contributed by atoms with Crippen molar-refractivity contribution in [3.63, 3.8) is 0 Å². The Morgan fingerprint density at radius 3 is 2.39 bits per heavy atom. The van der Waals surface area contributed by atoms with Crippen LogP contribution in [-0.2, 0) is 30.2 Å². The van der Waals surface area contributed by atoms with Crippen LogP contribution >= 0.6 is 11.8 Å². The normalized spacial score (nSPS) is 13.5. The van der Waals surface area contributed by atoms with Gasteiger partial charge >= 0.3 is 11.9 Å². The van der Waals surface area contributed by atoms with E-state index in [2.05, 4.69) is 16.8 Å². The van der Waals surface area contributed by atoms with Gasteiger partial charge in [-0.25, -0.2) is 4.79 Å². The number of carbonyl (C=O) groups is 2. The fourth-order valence-corrected chi connectivity index (χ4v) is 4.42. The van der Waals surface area contributed by atoms with Crippen LogP contribution in [0.4, 0.5) is 0 Å². The Hall–Kier alpha value is -3.37. The lowest BCUT2D eigenvalue weighted by Crippen LogP contribution is -2.26. The minimum absolute atomic E-state index is 0.0263. The van der Waals surface area contributed by atoms with Gasteiger partial charge < -0.3 is 18.9 Å². The number of hydrogen-bond acceptors (Lipinski definition) is 9. The van der Waals surface area contributed by atoms with Gasteiger partial charge in [0.05, 0.1) is 12.5 Å². The van der Waals surface area contributed by atoms with Crippen molar-refractivity contribution in [3.8, 4) is 11.4 Å². The van der Waals surface area contributed by atoms with E-state index >= 15 is 0 Å². The highest BCUT2D eigenvalue weighted by molar-refractivity contribution is 7.99. The Kier molecular flexibility index (Phi) is 10.7. The van der Waals surface area contributed by atoms with E-state index in [-0.39, 0.29) is 36.6 Å². The van der Waals surface area contributed by atoms with E-state index in [0.29, 0.717) is 29.2 Å². The highest BCUT2D eigenvalue weighted by Crippen LogP contribution is 2.25. The average molecular weight is 542 g/mol. The topological polar surface area (TPSA) is 102 Å². The van der Waals surface area contributed by atoms with E-state index in [0.717, 1.165) is 16.6 Å². The number of thioether (sulfide) groups is 1. The molecule has 2 aromatic carbocycles. The van der Waals surface area contributed by atoms with Crippen LogP contribution in [0.15, 0.2) is 54.6 Å². The summed E-state index contributed by atoms with van der Waals surface area (Å²) in [5, 5.41) is 9.15. The Bertz CT molecular complexity index is 1230. The number of benzene rings is 2. The van der Waals surface area contributed by atoms with Crippen molar-refractivity contribution in [1.82, 2.24) is 15.0 Å². The highest BCUT2D eigenvalue weighted by atomic mass is 32.2. The molecule has 0 saturated carbocycles. The molecule has 3 rings (SSSR count). The van der Waals surface area contributed by atoms with Gasteiger partial charge in [-0.2, -0.15) is 11.8 Å². The first-order valence-corrected chi connectivity index (χ1v) is 13.5. The molecule has 3 aromatic rings. The lowest BCUT2D eigenvalue weighted by molar-refractivity contribution is -0.147. The lowest BCUT2D eigenvalue weighted by atomic mass is 10.1. The molecular formula is C28H35N3O6S. The van der Waals surface area contributed by atoms with E-state index < -0.39 is 5.97 Å². The molecular weight excluding hydrogens is 506 g/mol. The number of fused-ring (bicyclic) bond motifs is 1. The molecule has 0 saturated heterocycles. The first-order valence-electron chi connectivity index (χ1n) is 12.4. The summed E-state index contributed by atoms with van der Waals surface area (Å²) in [6.07, 6.45) is 0.230. The van der Waals surface area contributed by atoms with Crippen LogP contribution in [0.25, 0.3) is 16.7 Å². The van der Waals surface area contributed by atoms with E-state index in [1.54, 1.807) is 30.6 Å². The second kappa shape index (κ2) is 14.0. The maximum Gasteiger partial charge on any atom is 0.333 e. The summed E-state index contributed by atoms with van der Waals surface area (Å²) in [4.78, 5) is 25.8. The summed E-state index contributed by atoms with van der Waals surface area (Å²) in [6.45, 7) is 11.2. The number of rotatable bonds is 14. The third-order valence-electron chi connectivity index (χ3n) is 5.81. The number of nitrogens with zero attached hydrogens (tertiary/aromatic N) is 3. The third kappa shape index (κ3) is 8.06. The number of hydrogen-bond donors (Lipinski definition) is 0. The quantitative estimate of drug-likeness (QED) is 0.162. The Labute approximate surface area is 227 Å². The predicted molar refractivity (Wildman–Crippen MR) is 147 cm³/mol. The maximum absolute atomic E-state index is 12.6. The van der Waals surface area contributed by atoms with Gasteiger partial charge in [0.25, 0.3) is 0 Å². The molecule has 1 aromatic heterocycles. The molecule has 0 amide bonds. The Morgan fingerprint density at radius 1 is 1.08 bits per heavy atom. The van der Waals surface area contributed by atoms with Crippen molar-refractivity contribution in [2.45, 2.75) is 45.5 Å². The number of methoxy groups -OCH3 is 1. The van der Waals surface area contributed by atoms with Crippen LogP contribution in [0.3, 0.4) is 0 Å². The van der Waals surface area contributed by atoms with Gasteiger partial charge in [0.15, 0.2) is 6.79 Å². The summed E-state index contributed by atoms with van der Waals surface area (Å²) >= 11 is 1.57. The molecule has 0 aliphatic rings. The van der Waals surface area contributed by atoms with Gasteiger partial charge in [-0.3, -0.25) is 4.79 Å². The third-order valence-corrected chi connectivity index (χ3v) is 7.41. The molecule has 0 bridgehead atoms. The zero-order chi connectivity index (χ0) is 27.7. The van der Waals surface area contributed by atoms with Crippen molar-refractivity contribution in [1.29, 1.82) is 0 Å². The molecule has 3 atom stereocenters. The van der Waals surface area contributed by atoms with Gasteiger partial charge in [-0.1, -0.05) is 31.7 Å². The van der Waals surface area contributed by atoms with Crippen molar-refractivity contribution in [2.24, 2.45) is 5.92 Å². The molecule has 3 unspecified atom stereocenters. The number of carbonyl (C=O) groups excluding carboxylic acids is 2. The monoisotopic (exact) mass is 541 g/mol. The van der Waals surface area contributed by atoms with Gasteiger partial charge in [0.2, 0.25) is 0 Å². The second-order valence-electron chi connectivity index (χ2n) is 9.08. The van der Waals surface area contributed by atoms with Crippen LogP contribution in [0, 0.1) is 5.92 Å². The molecule has 0 aliphatic heterocycles. The molecule has 0 aliphatic carbocycles. The molecule has 9 nitrogen and oxygen atoms in total. The zero-order valence-electron chi connectivity index (χ0n) is 22.5. The minimum Gasteiger partial charge on any atom is -0.465 e. The zero-order valence-corrected chi connectivity index (χ0v) is 23.3. The standard InChI is InChI=1S/C28H35N3O6S/c1-18(2)27(32)37-20(4)21(5)38-16-19(3)28(33)35-14-13-22-11-12-26(36-17-34-6)25(15-22)31-29-23-9-7-8-10-24(23)30-31/h7-12,15,19-21H,1,13-14,16-17H2,2-6H3. The van der Waals surface area contributed by atoms with E-state index in [9.17, 15) is 9.59 Å². The second-order valence-corrected chi connectivity index (χ2v) is 10.5. The summed E-state index contributed by atoms with van der Waals surface area (Å²) in [5.41, 5.74) is 3.53. The summed E-state index contributed by atoms with van der Waals surface area (Å²) in [5.74, 6) is 0.166. The van der Waals surface area contributed by atoms with Crippen LogP contribution in [0.1, 0.15) is 33.3 Å². The first-order chi connectivity index (χ1) is 18.2. The van der Waals surface area contributed by atoms with Crippen molar-refractivity contribution in [3.05, 3.63) is 60.2 Å². The number of esters is 2. The lowest BCUT2D eigenvalue weighted by Gasteiger charge is -2.21. The predicted octanol–water partition coefficient (Wildman–Crippen LogP) is 4.75.